The number of nitrogens with one attached hydrogen (secondary N) is 1. The smallest absolute Gasteiger partial charge is 0.409 e. The first-order chi connectivity index (χ1) is 13.5. The number of ether oxygens (including phenoxy) is 4. The molecule has 28 heavy (non-hydrogen) atoms. The van der Waals surface area contributed by atoms with Crippen LogP contribution in [0.4, 0.5) is 4.79 Å². The Labute approximate surface area is 169 Å². The Hall–Kier alpha value is -1.42. The molecule has 2 amide bonds. The van der Waals surface area contributed by atoms with Crippen LogP contribution >= 0.6 is 0 Å². The Morgan fingerprint density at radius 2 is 1.46 bits per heavy atom. The van der Waals surface area contributed by atoms with Gasteiger partial charge in [-0.15, -0.1) is 0 Å². The summed E-state index contributed by atoms with van der Waals surface area (Å²) in [5.74, 6) is -0.0822. The highest BCUT2D eigenvalue weighted by atomic mass is 16.6. The minimum absolute atomic E-state index is 0.0822. The van der Waals surface area contributed by atoms with Gasteiger partial charge in [-0.1, -0.05) is 13.8 Å². The highest BCUT2D eigenvalue weighted by Gasteiger charge is 2.10. The lowest BCUT2D eigenvalue weighted by atomic mass is 10.4. The van der Waals surface area contributed by atoms with Gasteiger partial charge in [0.2, 0.25) is 5.91 Å². The second-order valence-electron chi connectivity index (χ2n) is 6.08. The van der Waals surface area contributed by atoms with Crippen molar-refractivity contribution in [2.45, 2.75) is 27.2 Å². The maximum atomic E-state index is 11.8. The summed E-state index contributed by atoms with van der Waals surface area (Å²) in [5.41, 5.74) is 0. The van der Waals surface area contributed by atoms with Crippen LogP contribution in [0.25, 0.3) is 0 Å². The molecule has 0 saturated heterocycles. The first-order valence-corrected chi connectivity index (χ1v) is 10.1. The summed E-state index contributed by atoms with van der Waals surface area (Å²) < 4.78 is 20.9. The quantitative estimate of drug-likeness (QED) is 0.340. The van der Waals surface area contributed by atoms with E-state index in [2.05, 4.69) is 24.1 Å². The fourth-order valence-corrected chi connectivity index (χ4v) is 2.20. The molecule has 0 unspecified atom stereocenters. The molecular weight excluding hydrogens is 366 g/mol. The van der Waals surface area contributed by atoms with E-state index in [-0.39, 0.29) is 18.6 Å². The van der Waals surface area contributed by atoms with Crippen molar-refractivity contribution >= 4 is 12.0 Å². The highest BCUT2D eigenvalue weighted by molar-refractivity contribution is 5.75. The Bertz CT molecular complexity index is 394. The molecule has 0 atom stereocenters. The zero-order valence-electron chi connectivity index (χ0n) is 18.0. The molecule has 0 aromatic carbocycles. The number of carbonyl (C=O) groups excluding carboxylic acids is 2. The summed E-state index contributed by atoms with van der Waals surface area (Å²) in [6.07, 6.45) is -0.0442. The van der Waals surface area contributed by atoms with Crippen LogP contribution in [-0.4, -0.2) is 108 Å². The van der Waals surface area contributed by atoms with E-state index in [4.69, 9.17) is 18.9 Å². The number of likely N-dealkylation sites (N-methyl/N-ethyl adjacent to an activating group) is 2. The Kier molecular flexibility index (Phi) is 18.0. The summed E-state index contributed by atoms with van der Waals surface area (Å²) in [6.45, 7) is 12.8. The SMILES string of the molecule is CCOCCOCCC(=O)NCCOCCOC(=O)N(C)CCN(CC)CC. The molecule has 0 saturated carbocycles. The summed E-state index contributed by atoms with van der Waals surface area (Å²) in [7, 11) is 1.72. The molecule has 1 N–H and O–H groups in total. The standard InChI is InChI=1S/C19H39N3O6/c1-5-22(6-2)11-10-21(4)19(24)28-17-16-27-13-9-20-18(23)8-12-26-15-14-25-7-3/h5-17H2,1-4H3,(H,20,23). The highest BCUT2D eigenvalue weighted by Crippen LogP contribution is 1.94. The van der Waals surface area contributed by atoms with E-state index >= 15 is 0 Å². The van der Waals surface area contributed by atoms with Crippen molar-refractivity contribution in [3.63, 3.8) is 0 Å². The molecule has 0 bridgehead atoms. The van der Waals surface area contributed by atoms with Crippen molar-refractivity contribution in [2.24, 2.45) is 0 Å². The van der Waals surface area contributed by atoms with Crippen LogP contribution in [0, 0.1) is 0 Å². The molecule has 0 rings (SSSR count). The molecule has 166 valence electrons. The van der Waals surface area contributed by atoms with Crippen molar-refractivity contribution in [3.8, 4) is 0 Å². The lowest BCUT2D eigenvalue weighted by molar-refractivity contribution is -0.122. The van der Waals surface area contributed by atoms with Gasteiger partial charge in [-0.2, -0.15) is 0 Å². The monoisotopic (exact) mass is 405 g/mol. The van der Waals surface area contributed by atoms with Gasteiger partial charge in [0.1, 0.15) is 6.61 Å². The molecule has 0 aromatic heterocycles. The van der Waals surface area contributed by atoms with Crippen LogP contribution in [0.3, 0.4) is 0 Å². The Morgan fingerprint density at radius 1 is 0.821 bits per heavy atom. The first kappa shape index (κ1) is 26.6. The van der Waals surface area contributed by atoms with Crippen LogP contribution in [-0.2, 0) is 23.7 Å². The molecule has 0 aromatic rings. The number of carbonyl (C=O) groups is 2. The van der Waals surface area contributed by atoms with Gasteiger partial charge in [-0.3, -0.25) is 4.79 Å². The first-order valence-electron chi connectivity index (χ1n) is 10.1. The lowest BCUT2D eigenvalue weighted by Crippen LogP contribution is -2.37. The van der Waals surface area contributed by atoms with Crippen LogP contribution in [0.2, 0.25) is 0 Å². The summed E-state index contributed by atoms with van der Waals surface area (Å²) in [4.78, 5) is 27.2. The van der Waals surface area contributed by atoms with E-state index in [9.17, 15) is 9.59 Å². The lowest BCUT2D eigenvalue weighted by Gasteiger charge is -2.22. The molecule has 0 radical (unpaired) electrons. The average molecular weight is 406 g/mol. The number of rotatable bonds is 18. The van der Waals surface area contributed by atoms with Gasteiger partial charge in [0, 0.05) is 39.7 Å². The van der Waals surface area contributed by atoms with E-state index in [1.54, 1.807) is 11.9 Å². The summed E-state index contributed by atoms with van der Waals surface area (Å²) >= 11 is 0. The van der Waals surface area contributed by atoms with Crippen molar-refractivity contribution in [1.29, 1.82) is 0 Å². The topological polar surface area (TPSA) is 89.6 Å². The van der Waals surface area contributed by atoms with Gasteiger partial charge in [0.15, 0.2) is 0 Å². The van der Waals surface area contributed by atoms with Crippen molar-refractivity contribution < 1.29 is 28.5 Å². The molecule has 0 aliphatic carbocycles. The third kappa shape index (κ3) is 15.6. The molecule has 9 heteroatoms. The van der Waals surface area contributed by atoms with Crippen molar-refractivity contribution in [2.75, 3.05) is 86.0 Å². The third-order valence-electron chi connectivity index (χ3n) is 4.03. The number of amides is 2. The van der Waals surface area contributed by atoms with E-state index in [0.29, 0.717) is 59.2 Å². The molecule has 0 aliphatic rings. The third-order valence-corrected chi connectivity index (χ3v) is 4.03. The normalized spacial score (nSPS) is 10.9. The van der Waals surface area contributed by atoms with Crippen LogP contribution < -0.4 is 5.32 Å². The minimum Gasteiger partial charge on any atom is -0.447 e. The van der Waals surface area contributed by atoms with Gasteiger partial charge in [-0.05, 0) is 20.0 Å². The van der Waals surface area contributed by atoms with E-state index in [0.717, 1.165) is 19.6 Å². The molecule has 0 heterocycles. The van der Waals surface area contributed by atoms with Crippen LogP contribution in [0.15, 0.2) is 0 Å². The van der Waals surface area contributed by atoms with Gasteiger partial charge >= 0.3 is 6.09 Å². The molecule has 0 aliphatic heterocycles. The largest absolute Gasteiger partial charge is 0.447 e. The van der Waals surface area contributed by atoms with Gasteiger partial charge < -0.3 is 34.1 Å². The van der Waals surface area contributed by atoms with Crippen molar-refractivity contribution in [1.82, 2.24) is 15.1 Å². The second-order valence-corrected chi connectivity index (χ2v) is 6.08. The predicted molar refractivity (Wildman–Crippen MR) is 108 cm³/mol. The predicted octanol–water partition coefficient (Wildman–Crippen LogP) is 0.973. The second kappa shape index (κ2) is 18.9. The van der Waals surface area contributed by atoms with E-state index in [1.807, 2.05) is 6.92 Å². The molecule has 0 fully saturated rings. The number of nitrogens with zero attached hydrogens (tertiary/aromatic N) is 2. The van der Waals surface area contributed by atoms with Crippen molar-refractivity contribution in [3.05, 3.63) is 0 Å². The van der Waals surface area contributed by atoms with Crippen LogP contribution in [0.1, 0.15) is 27.2 Å². The van der Waals surface area contributed by atoms with E-state index < -0.39 is 0 Å². The molecule has 9 nitrogen and oxygen atoms in total. The maximum absolute atomic E-state index is 11.8. The molecular formula is C19H39N3O6. The van der Waals surface area contributed by atoms with Gasteiger partial charge in [-0.25, -0.2) is 4.79 Å². The number of hydrogen-bond acceptors (Lipinski definition) is 7. The fraction of sp³-hybridized carbons (Fsp3) is 0.895. The summed E-state index contributed by atoms with van der Waals surface area (Å²) in [5, 5.41) is 2.75. The zero-order chi connectivity index (χ0) is 21.0. The minimum atomic E-state index is -0.353. The van der Waals surface area contributed by atoms with Crippen LogP contribution in [0.5, 0.6) is 0 Å². The number of hydrogen-bond donors (Lipinski definition) is 1. The molecule has 0 spiro atoms. The Balaban J connectivity index is 3.50. The Morgan fingerprint density at radius 3 is 2.14 bits per heavy atom. The average Bonchev–Trinajstić information content (AvgIpc) is 2.70. The van der Waals surface area contributed by atoms with E-state index in [1.165, 1.54) is 0 Å². The van der Waals surface area contributed by atoms with Gasteiger partial charge in [0.05, 0.1) is 33.0 Å². The fourth-order valence-electron chi connectivity index (χ4n) is 2.20. The maximum Gasteiger partial charge on any atom is 0.409 e. The zero-order valence-corrected chi connectivity index (χ0v) is 18.0. The summed E-state index contributed by atoms with van der Waals surface area (Å²) in [6, 6.07) is 0. The van der Waals surface area contributed by atoms with Gasteiger partial charge in [0.25, 0.3) is 0 Å².